The summed E-state index contributed by atoms with van der Waals surface area (Å²) in [4.78, 5) is 35.4. The lowest BCUT2D eigenvalue weighted by atomic mass is 10.1. The van der Waals surface area contributed by atoms with Crippen LogP contribution in [0.5, 0.6) is 0 Å². The van der Waals surface area contributed by atoms with E-state index in [2.05, 4.69) is 10.6 Å². The molecule has 1 aliphatic rings. The van der Waals surface area contributed by atoms with Crippen LogP contribution in [0.3, 0.4) is 0 Å². The van der Waals surface area contributed by atoms with E-state index in [9.17, 15) is 14.4 Å². The van der Waals surface area contributed by atoms with Gasteiger partial charge in [-0.1, -0.05) is 30.3 Å². The average Bonchev–Trinajstić information content (AvgIpc) is 3.12. The highest BCUT2D eigenvalue weighted by molar-refractivity contribution is 6.43. The lowest BCUT2D eigenvalue weighted by Gasteiger charge is -2.13. The van der Waals surface area contributed by atoms with Crippen molar-refractivity contribution >= 4 is 29.3 Å². The fraction of sp³-hybridized carbons (Fsp3) is 0.438. The van der Waals surface area contributed by atoms with E-state index in [1.807, 2.05) is 30.3 Å². The van der Waals surface area contributed by atoms with Crippen LogP contribution in [0.25, 0.3) is 0 Å². The summed E-state index contributed by atoms with van der Waals surface area (Å²) in [5.41, 5.74) is 0.840. The predicted molar refractivity (Wildman–Crippen MR) is 85.3 cm³/mol. The Kier molecular flexibility index (Phi) is 6.55. The van der Waals surface area contributed by atoms with Crippen molar-refractivity contribution in [3.05, 3.63) is 35.9 Å². The van der Waals surface area contributed by atoms with Crippen LogP contribution in [0.15, 0.2) is 30.3 Å². The van der Waals surface area contributed by atoms with Crippen LogP contribution in [0.4, 0.5) is 4.79 Å². The number of rotatable bonds is 7. The lowest BCUT2D eigenvalue weighted by molar-refractivity contribution is -0.127. The van der Waals surface area contributed by atoms with Gasteiger partial charge in [0.2, 0.25) is 0 Å². The molecule has 1 amide bonds. The minimum atomic E-state index is -1.25. The van der Waals surface area contributed by atoms with Gasteiger partial charge < -0.3 is 15.4 Å². The van der Waals surface area contributed by atoms with Gasteiger partial charge in [-0.25, -0.2) is 4.79 Å². The predicted octanol–water partition coefficient (Wildman–Crippen LogP) is 1.41. The second-order valence-electron chi connectivity index (χ2n) is 5.30. The summed E-state index contributed by atoms with van der Waals surface area (Å²) in [6, 6.07) is 8.80. The molecule has 0 saturated carbocycles. The molecule has 2 N–H and O–H groups in total. The molecule has 23 heavy (non-hydrogen) atoms. The summed E-state index contributed by atoms with van der Waals surface area (Å²) in [6.07, 6.45) is 0.845. The zero-order valence-electron chi connectivity index (χ0n) is 12.6. The van der Waals surface area contributed by atoms with Gasteiger partial charge in [0.1, 0.15) is 6.61 Å². The van der Waals surface area contributed by atoms with Gasteiger partial charge in [-0.3, -0.25) is 9.59 Å². The number of Topliss-reactive ketones (excluding diaryl/α,β-unsaturated/α-hetero) is 2. The van der Waals surface area contributed by atoms with Crippen molar-refractivity contribution in [2.45, 2.75) is 30.9 Å². The molecule has 0 aliphatic carbocycles. The Labute approximate surface area is 139 Å². The number of alkyl carbamates (subject to hydrolysis) is 1. The maximum absolute atomic E-state index is 12.0. The second-order valence-corrected chi connectivity index (χ2v) is 5.73. The van der Waals surface area contributed by atoms with Crippen LogP contribution in [0.1, 0.15) is 18.4 Å². The quantitative estimate of drug-likeness (QED) is 0.580. The molecule has 1 saturated heterocycles. The maximum Gasteiger partial charge on any atom is 0.407 e. The molecule has 7 heteroatoms. The number of halogens is 1. The highest BCUT2D eigenvalue weighted by atomic mass is 35.5. The molecule has 1 heterocycles. The SMILES string of the molecule is O=C(NCC(=O)C(Cl)C(=O)[C@H]1CCCN1)OCc1ccccc1. The lowest BCUT2D eigenvalue weighted by Crippen LogP contribution is -2.43. The first-order valence-electron chi connectivity index (χ1n) is 7.46. The molecule has 1 aromatic rings. The first-order valence-corrected chi connectivity index (χ1v) is 7.90. The van der Waals surface area contributed by atoms with Crippen LogP contribution in [-0.2, 0) is 20.9 Å². The van der Waals surface area contributed by atoms with E-state index >= 15 is 0 Å². The minimum absolute atomic E-state index is 0.107. The van der Waals surface area contributed by atoms with Gasteiger partial charge in [0.25, 0.3) is 0 Å². The largest absolute Gasteiger partial charge is 0.445 e. The summed E-state index contributed by atoms with van der Waals surface area (Å²) < 4.78 is 4.98. The van der Waals surface area contributed by atoms with Gasteiger partial charge in [0.05, 0.1) is 12.6 Å². The Bertz CT molecular complexity index is 558. The van der Waals surface area contributed by atoms with E-state index in [1.54, 1.807) is 0 Å². The van der Waals surface area contributed by atoms with E-state index in [0.29, 0.717) is 6.42 Å². The van der Waals surface area contributed by atoms with Crippen molar-refractivity contribution < 1.29 is 19.1 Å². The maximum atomic E-state index is 12.0. The minimum Gasteiger partial charge on any atom is -0.445 e. The van der Waals surface area contributed by atoms with Crippen molar-refractivity contribution in [3.63, 3.8) is 0 Å². The molecule has 124 valence electrons. The molecule has 0 spiro atoms. The molecule has 6 nitrogen and oxygen atoms in total. The third-order valence-electron chi connectivity index (χ3n) is 3.56. The number of nitrogens with one attached hydrogen (secondary N) is 2. The normalized spacial score (nSPS) is 18.2. The first-order chi connectivity index (χ1) is 11.1. The number of carbonyl (C=O) groups is 3. The molecular weight excluding hydrogens is 320 g/mol. The van der Waals surface area contributed by atoms with E-state index in [-0.39, 0.29) is 25.0 Å². The topological polar surface area (TPSA) is 84.5 Å². The monoisotopic (exact) mass is 338 g/mol. The van der Waals surface area contributed by atoms with Gasteiger partial charge in [-0.05, 0) is 24.9 Å². The summed E-state index contributed by atoms with van der Waals surface area (Å²) in [6.45, 7) is 0.522. The van der Waals surface area contributed by atoms with Gasteiger partial charge in [-0.2, -0.15) is 0 Å². The van der Waals surface area contributed by atoms with E-state index < -0.39 is 17.3 Å². The molecule has 1 aromatic carbocycles. The summed E-state index contributed by atoms with van der Waals surface area (Å²) in [5, 5.41) is 4.06. The summed E-state index contributed by atoms with van der Waals surface area (Å²) in [5.74, 6) is -0.879. The molecule has 2 atom stereocenters. The van der Waals surface area contributed by atoms with Crippen molar-refractivity contribution in [1.29, 1.82) is 0 Å². The average molecular weight is 339 g/mol. The molecule has 0 aromatic heterocycles. The fourth-order valence-electron chi connectivity index (χ4n) is 2.29. The molecule has 0 radical (unpaired) electrons. The zero-order chi connectivity index (χ0) is 16.7. The highest BCUT2D eigenvalue weighted by Gasteiger charge is 2.32. The van der Waals surface area contributed by atoms with Crippen molar-refractivity contribution in [1.82, 2.24) is 10.6 Å². The van der Waals surface area contributed by atoms with Crippen LogP contribution < -0.4 is 10.6 Å². The number of carbonyl (C=O) groups excluding carboxylic acids is 3. The van der Waals surface area contributed by atoms with Gasteiger partial charge in [0.15, 0.2) is 16.9 Å². The molecule has 0 bridgehead atoms. The number of hydrogen-bond donors (Lipinski definition) is 2. The molecule has 1 fully saturated rings. The van der Waals surface area contributed by atoms with Crippen LogP contribution >= 0.6 is 11.6 Å². The molecule has 2 rings (SSSR count). The van der Waals surface area contributed by atoms with Crippen molar-refractivity contribution in [3.8, 4) is 0 Å². The number of ketones is 2. The highest BCUT2D eigenvalue weighted by Crippen LogP contribution is 2.12. The Hall–Kier alpha value is -1.92. The summed E-state index contributed by atoms with van der Waals surface area (Å²) >= 11 is 5.89. The third-order valence-corrected chi connectivity index (χ3v) is 4.01. The third kappa shape index (κ3) is 5.33. The van der Waals surface area contributed by atoms with Crippen LogP contribution in [-0.4, -0.2) is 42.2 Å². The number of hydrogen-bond acceptors (Lipinski definition) is 5. The van der Waals surface area contributed by atoms with E-state index in [0.717, 1.165) is 18.5 Å². The Morgan fingerprint density at radius 3 is 2.70 bits per heavy atom. The van der Waals surface area contributed by atoms with Gasteiger partial charge in [-0.15, -0.1) is 11.6 Å². The van der Waals surface area contributed by atoms with Crippen LogP contribution in [0.2, 0.25) is 0 Å². The Morgan fingerprint density at radius 2 is 2.04 bits per heavy atom. The second kappa shape index (κ2) is 8.64. The smallest absolute Gasteiger partial charge is 0.407 e. The Balaban J connectivity index is 1.70. The summed E-state index contributed by atoms with van der Waals surface area (Å²) in [7, 11) is 0. The first kappa shape index (κ1) is 17.4. The van der Waals surface area contributed by atoms with Crippen molar-refractivity contribution in [2.75, 3.05) is 13.1 Å². The molecule has 1 aliphatic heterocycles. The fourth-order valence-corrected chi connectivity index (χ4v) is 2.51. The Morgan fingerprint density at radius 1 is 1.30 bits per heavy atom. The zero-order valence-corrected chi connectivity index (χ0v) is 13.3. The van der Waals surface area contributed by atoms with E-state index in [1.165, 1.54) is 0 Å². The van der Waals surface area contributed by atoms with Gasteiger partial charge in [0, 0.05) is 0 Å². The van der Waals surface area contributed by atoms with Crippen molar-refractivity contribution in [2.24, 2.45) is 0 Å². The number of alkyl halides is 1. The number of ether oxygens (including phenoxy) is 1. The number of benzene rings is 1. The van der Waals surface area contributed by atoms with E-state index in [4.69, 9.17) is 16.3 Å². The van der Waals surface area contributed by atoms with Crippen LogP contribution in [0, 0.1) is 0 Å². The van der Waals surface area contributed by atoms with Gasteiger partial charge >= 0.3 is 6.09 Å². The molecular formula is C16H19ClN2O4. The standard InChI is InChI=1S/C16H19ClN2O4/c17-14(15(21)12-7-4-8-18-12)13(20)9-19-16(22)23-10-11-5-2-1-3-6-11/h1-3,5-6,12,14,18H,4,7-10H2,(H,19,22)/t12-,14?/m1/s1. The number of amides is 1. The molecule has 1 unspecified atom stereocenters.